The van der Waals surface area contributed by atoms with Crippen LogP contribution in [0.15, 0.2) is 23.1 Å². The number of rotatable bonds is 3. The van der Waals surface area contributed by atoms with Crippen LogP contribution < -0.4 is 11.1 Å². The Morgan fingerprint density at radius 2 is 2.41 bits per heavy atom. The number of nitrogens with zero attached hydrogens (tertiary/aromatic N) is 3. The average molecular weight is 252 g/mol. The van der Waals surface area contributed by atoms with Gasteiger partial charge in [0.1, 0.15) is 10.7 Å². The number of thiazole rings is 1. The lowest BCUT2D eigenvalue weighted by molar-refractivity contribution is 0.103. The molecule has 0 radical (unpaired) electrons. The molecule has 0 bridgehead atoms. The normalized spacial score (nSPS) is 11.4. The van der Waals surface area contributed by atoms with Crippen LogP contribution >= 0.6 is 11.3 Å². The van der Waals surface area contributed by atoms with Crippen LogP contribution in [0.5, 0.6) is 0 Å². The van der Waals surface area contributed by atoms with Crippen LogP contribution in [0.4, 0.5) is 5.82 Å². The number of amides is 1. The Kier molecular flexibility index (Phi) is 3.01. The van der Waals surface area contributed by atoms with Gasteiger partial charge in [-0.1, -0.05) is 5.16 Å². The van der Waals surface area contributed by atoms with Gasteiger partial charge in [0.25, 0.3) is 5.91 Å². The molecule has 1 amide bonds. The third kappa shape index (κ3) is 2.23. The molecule has 0 aromatic carbocycles. The molecule has 0 aliphatic heterocycles. The number of nitrogens with one attached hydrogen (secondary N) is 2. The predicted molar refractivity (Wildman–Crippen MR) is 61.2 cm³/mol. The van der Waals surface area contributed by atoms with Gasteiger partial charge >= 0.3 is 0 Å². The highest BCUT2D eigenvalue weighted by molar-refractivity contribution is 7.11. The van der Waals surface area contributed by atoms with Crippen LogP contribution in [-0.2, 0) is 0 Å². The van der Waals surface area contributed by atoms with Crippen molar-refractivity contribution in [3.8, 4) is 0 Å². The predicted octanol–water partition coefficient (Wildman–Crippen LogP) is 0.213. The quantitative estimate of drug-likeness (QED) is 0.268. The summed E-state index contributed by atoms with van der Waals surface area (Å²) in [6.45, 7) is 0. The van der Waals surface area contributed by atoms with E-state index in [9.17, 15) is 4.79 Å². The van der Waals surface area contributed by atoms with Crippen molar-refractivity contribution in [2.45, 2.75) is 0 Å². The van der Waals surface area contributed by atoms with Crippen LogP contribution in [0.3, 0.4) is 0 Å². The summed E-state index contributed by atoms with van der Waals surface area (Å²) in [4.78, 5) is 15.9. The molecule has 2 heterocycles. The molecule has 8 nitrogen and oxygen atoms in total. The second-order valence-corrected chi connectivity index (χ2v) is 3.85. The monoisotopic (exact) mass is 252 g/mol. The lowest BCUT2D eigenvalue weighted by Crippen LogP contribution is -2.17. The SMILES string of the molecule is NC(=NO)c1cn[nH]c1NC(=O)c1cncs1. The molecule has 0 saturated heterocycles. The maximum Gasteiger partial charge on any atom is 0.268 e. The van der Waals surface area contributed by atoms with Crippen LogP contribution in [0.1, 0.15) is 15.2 Å². The van der Waals surface area contributed by atoms with Crippen molar-refractivity contribution in [1.29, 1.82) is 0 Å². The van der Waals surface area contributed by atoms with Crippen molar-refractivity contribution in [3.63, 3.8) is 0 Å². The van der Waals surface area contributed by atoms with E-state index in [1.165, 1.54) is 23.7 Å². The van der Waals surface area contributed by atoms with E-state index >= 15 is 0 Å². The fourth-order valence-electron chi connectivity index (χ4n) is 1.13. The zero-order chi connectivity index (χ0) is 12.3. The molecule has 0 aliphatic carbocycles. The number of nitrogens with two attached hydrogens (primary N) is 1. The summed E-state index contributed by atoms with van der Waals surface area (Å²) in [6.07, 6.45) is 2.79. The number of oxime groups is 1. The molecule has 88 valence electrons. The number of anilines is 1. The molecule has 0 atom stereocenters. The van der Waals surface area contributed by atoms with E-state index in [1.807, 2.05) is 0 Å². The Morgan fingerprint density at radius 1 is 1.59 bits per heavy atom. The number of aromatic nitrogens is 3. The van der Waals surface area contributed by atoms with Gasteiger partial charge in [-0.25, -0.2) is 0 Å². The molecule has 0 spiro atoms. The summed E-state index contributed by atoms with van der Waals surface area (Å²) in [5.74, 6) is -0.221. The van der Waals surface area contributed by atoms with Gasteiger partial charge in [0.2, 0.25) is 0 Å². The zero-order valence-corrected chi connectivity index (χ0v) is 9.23. The van der Waals surface area contributed by atoms with E-state index in [1.54, 1.807) is 5.51 Å². The molecular formula is C8H8N6O2S. The first-order chi connectivity index (χ1) is 8.22. The van der Waals surface area contributed by atoms with E-state index in [2.05, 4.69) is 25.7 Å². The minimum absolute atomic E-state index is 0.140. The van der Waals surface area contributed by atoms with Gasteiger partial charge in [0, 0.05) is 0 Å². The van der Waals surface area contributed by atoms with E-state index < -0.39 is 0 Å². The minimum Gasteiger partial charge on any atom is -0.409 e. The van der Waals surface area contributed by atoms with E-state index in [4.69, 9.17) is 10.9 Å². The molecule has 0 aliphatic rings. The Hall–Kier alpha value is -2.42. The fraction of sp³-hybridized carbons (Fsp3) is 0. The molecule has 2 aromatic rings. The van der Waals surface area contributed by atoms with Gasteiger partial charge in [0.05, 0.1) is 23.5 Å². The number of hydrogen-bond acceptors (Lipinski definition) is 6. The molecule has 17 heavy (non-hydrogen) atoms. The molecular weight excluding hydrogens is 244 g/mol. The summed E-state index contributed by atoms with van der Waals surface area (Å²) in [5, 5.41) is 20.2. The standard InChI is InChI=1S/C8H8N6O2S/c9-6(14-16)4-1-11-13-7(4)12-8(15)5-2-10-3-17-5/h1-3,16H,(H2,9,14)(H2,11,12,13,15). The number of aromatic amines is 1. The van der Waals surface area contributed by atoms with Gasteiger partial charge < -0.3 is 16.3 Å². The Morgan fingerprint density at radius 3 is 3.06 bits per heavy atom. The minimum atomic E-state index is -0.344. The van der Waals surface area contributed by atoms with Crippen LogP contribution in [-0.4, -0.2) is 32.1 Å². The largest absolute Gasteiger partial charge is 0.409 e. The topological polar surface area (TPSA) is 129 Å². The number of carbonyl (C=O) groups is 1. The maximum absolute atomic E-state index is 11.7. The van der Waals surface area contributed by atoms with Gasteiger partial charge in [0.15, 0.2) is 5.84 Å². The number of carbonyl (C=O) groups excluding carboxylic acids is 1. The van der Waals surface area contributed by atoms with Crippen molar-refractivity contribution in [3.05, 3.63) is 28.3 Å². The van der Waals surface area contributed by atoms with Crippen molar-refractivity contribution in [1.82, 2.24) is 15.2 Å². The molecule has 0 unspecified atom stereocenters. The van der Waals surface area contributed by atoms with Crippen molar-refractivity contribution >= 4 is 28.9 Å². The van der Waals surface area contributed by atoms with Crippen LogP contribution in [0.25, 0.3) is 0 Å². The number of amidine groups is 1. The van der Waals surface area contributed by atoms with E-state index in [0.29, 0.717) is 10.4 Å². The molecule has 0 saturated carbocycles. The van der Waals surface area contributed by atoms with Crippen LogP contribution in [0, 0.1) is 0 Å². The molecule has 5 N–H and O–H groups in total. The van der Waals surface area contributed by atoms with Crippen molar-refractivity contribution in [2.24, 2.45) is 10.9 Å². The highest BCUT2D eigenvalue weighted by atomic mass is 32.1. The Labute approximate surface area is 99.2 Å². The molecule has 9 heteroatoms. The molecule has 0 fully saturated rings. The lowest BCUT2D eigenvalue weighted by Gasteiger charge is -2.02. The van der Waals surface area contributed by atoms with E-state index in [-0.39, 0.29) is 17.6 Å². The molecule has 2 aromatic heterocycles. The maximum atomic E-state index is 11.7. The Balaban J connectivity index is 2.20. The summed E-state index contributed by atoms with van der Waals surface area (Å²) in [6, 6.07) is 0. The number of hydrogen-bond donors (Lipinski definition) is 4. The summed E-state index contributed by atoms with van der Waals surface area (Å²) >= 11 is 1.20. The average Bonchev–Trinajstić information content (AvgIpc) is 2.98. The molecule has 2 rings (SSSR count). The Bertz CT molecular complexity index is 546. The lowest BCUT2D eigenvalue weighted by atomic mass is 10.3. The van der Waals surface area contributed by atoms with Crippen molar-refractivity contribution in [2.75, 3.05) is 5.32 Å². The van der Waals surface area contributed by atoms with Crippen LogP contribution in [0.2, 0.25) is 0 Å². The van der Waals surface area contributed by atoms with Gasteiger partial charge in [-0.15, -0.1) is 11.3 Å². The number of H-pyrrole nitrogens is 1. The second-order valence-electron chi connectivity index (χ2n) is 2.96. The first kappa shape index (κ1) is 11.1. The smallest absolute Gasteiger partial charge is 0.268 e. The first-order valence-corrected chi connectivity index (χ1v) is 5.31. The zero-order valence-electron chi connectivity index (χ0n) is 8.41. The van der Waals surface area contributed by atoms with Gasteiger partial charge in [-0.05, 0) is 0 Å². The fourth-order valence-corrected chi connectivity index (χ4v) is 1.65. The van der Waals surface area contributed by atoms with Crippen molar-refractivity contribution < 1.29 is 10.0 Å². The highest BCUT2D eigenvalue weighted by Gasteiger charge is 2.14. The van der Waals surface area contributed by atoms with E-state index in [0.717, 1.165) is 0 Å². The second kappa shape index (κ2) is 4.61. The summed E-state index contributed by atoms with van der Waals surface area (Å²) < 4.78 is 0. The van der Waals surface area contributed by atoms with Gasteiger partial charge in [-0.3, -0.25) is 14.9 Å². The third-order valence-corrected chi connectivity index (χ3v) is 2.69. The summed E-state index contributed by atoms with van der Waals surface area (Å²) in [7, 11) is 0. The first-order valence-electron chi connectivity index (χ1n) is 4.43. The highest BCUT2D eigenvalue weighted by Crippen LogP contribution is 2.13. The summed E-state index contributed by atoms with van der Waals surface area (Å²) in [5.41, 5.74) is 7.27. The van der Waals surface area contributed by atoms with Gasteiger partial charge in [-0.2, -0.15) is 5.10 Å². The third-order valence-electron chi connectivity index (χ3n) is 1.92.